The molecule has 0 aliphatic heterocycles. The number of alkyl halides is 2. The first-order chi connectivity index (χ1) is 8.18. The smallest absolute Gasteiger partial charge is 0.0175 e. The summed E-state index contributed by atoms with van der Waals surface area (Å²) in [7, 11) is 0. The second-order valence-corrected chi connectivity index (χ2v) is 7.17. The molecule has 0 aliphatic carbocycles. The highest BCUT2D eigenvalue weighted by molar-refractivity contribution is 9.10. The van der Waals surface area contributed by atoms with E-state index in [9.17, 15) is 0 Å². The Morgan fingerprint density at radius 3 is 2.18 bits per heavy atom. The molecule has 0 bridgehead atoms. The number of benzene rings is 1. The summed E-state index contributed by atoms with van der Waals surface area (Å²) in [5, 5.41) is 2.00. The third-order valence-corrected chi connectivity index (χ3v) is 6.34. The molecule has 0 heterocycles. The van der Waals surface area contributed by atoms with Crippen LogP contribution in [0.15, 0.2) is 28.7 Å². The van der Waals surface area contributed by atoms with Gasteiger partial charge in [0, 0.05) is 20.5 Å². The largest absolute Gasteiger partial charge is 0.165 e. The summed E-state index contributed by atoms with van der Waals surface area (Å²) in [5.74, 6) is 1.23. The van der Waals surface area contributed by atoms with Crippen molar-refractivity contribution in [3.8, 4) is 0 Å². The van der Waals surface area contributed by atoms with Gasteiger partial charge < -0.3 is 0 Å². The minimum absolute atomic E-state index is 0.219. The van der Waals surface area contributed by atoms with E-state index in [1.54, 1.807) is 0 Å². The maximum atomic E-state index is 3.69. The molecule has 17 heavy (non-hydrogen) atoms. The highest BCUT2D eigenvalue weighted by Gasteiger charge is 2.29. The standard InChI is InChI=1S/C13H17Br3S/c1-17-8-2-7-13(9-14,10-15)11-3-5-12(16)6-4-11/h3-6H,2,7-10H2,1H3. The summed E-state index contributed by atoms with van der Waals surface area (Å²) in [5.41, 5.74) is 1.63. The Balaban J connectivity index is 2.85. The van der Waals surface area contributed by atoms with Crippen LogP contribution in [0.4, 0.5) is 0 Å². The third kappa shape index (κ3) is 4.55. The molecule has 0 amide bonds. The summed E-state index contributed by atoms with van der Waals surface area (Å²) in [4.78, 5) is 0. The van der Waals surface area contributed by atoms with Crippen molar-refractivity contribution in [2.24, 2.45) is 0 Å². The molecule has 0 radical (unpaired) electrons. The molecule has 1 aromatic carbocycles. The van der Waals surface area contributed by atoms with Crippen molar-refractivity contribution in [1.82, 2.24) is 0 Å². The molecular weight excluding hydrogens is 428 g/mol. The van der Waals surface area contributed by atoms with Crippen LogP contribution in [0.2, 0.25) is 0 Å². The Bertz CT molecular complexity index is 320. The van der Waals surface area contributed by atoms with Crippen molar-refractivity contribution in [1.29, 1.82) is 0 Å². The second kappa shape index (κ2) is 8.23. The molecule has 0 atom stereocenters. The summed E-state index contributed by atoms with van der Waals surface area (Å²) >= 11 is 12.8. The zero-order valence-electron chi connectivity index (χ0n) is 9.89. The third-order valence-electron chi connectivity index (χ3n) is 2.97. The lowest BCUT2D eigenvalue weighted by atomic mass is 9.80. The van der Waals surface area contributed by atoms with Gasteiger partial charge in [0.15, 0.2) is 0 Å². The molecule has 96 valence electrons. The van der Waals surface area contributed by atoms with Gasteiger partial charge in [-0.05, 0) is 42.5 Å². The molecule has 0 unspecified atom stereocenters. The Labute approximate surface area is 134 Å². The zero-order chi connectivity index (χ0) is 12.7. The van der Waals surface area contributed by atoms with Gasteiger partial charge in [-0.3, -0.25) is 0 Å². The molecule has 0 N–H and O–H groups in total. The van der Waals surface area contributed by atoms with Crippen LogP contribution in [0, 0.1) is 0 Å². The molecule has 0 spiro atoms. The lowest BCUT2D eigenvalue weighted by Gasteiger charge is -2.31. The number of thioether (sulfide) groups is 1. The van der Waals surface area contributed by atoms with E-state index in [2.05, 4.69) is 78.3 Å². The zero-order valence-corrected chi connectivity index (χ0v) is 15.5. The van der Waals surface area contributed by atoms with Gasteiger partial charge in [0.05, 0.1) is 0 Å². The van der Waals surface area contributed by atoms with Crippen molar-refractivity contribution in [2.45, 2.75) is 18.3 Å². The van der Waals surface area contributed by atoms with Crippen molar-refractivity contribution in [2.75, 3.05) is 22.7 Å². The summed E-state index contributed by atoms with van der Waals surface area (Å²) in [6, 6.07) is 8.71. The van der Waals surface area contributed by atoms with Crippen LogP contribution in [-0.2, 0) is 5.41 Å². The van der Waals surface area contributed by atoms with Gasteiger partial charge in [-0.1, -0.05) is 59.9 Å². The Hall–Kier alpha value is 1.01. The number of hydrogen-bond acceptors (Lipinski definition) is 1. The number of halogens is 3. The predicted molar refractivity (Wildman–Crippen MR) is 91.0 cm³/mol. The fraction of sp³-hybridized carbons (Fsp3) is 0.538. The van der Waals surface area contributed by atoms with Crippen LogP contribution in [0.3, 0.4) is 0 Å². The molecule has 0 aromatic heterocycles. The van der Waals surface area contributed by atoms with Gasteiger partial charge in [0.1, 0.15) is 0 Å². The Kier molecular flexibility index (Phi) is 7.78. The number of hydrogen-bond donors (Lipinski definition) is 0. The van der Waals surface area contributed by atoms with E-state index in [0.29, 0.717) is 0 Å². The van der Waals surface area contributed by atoms with Crippen LogP contribution >= 0.6 is 59.6 Å². The van der Waals surface area contributed by atoms with E-state index in [-0.39, 0.29) is 5.41 Å². The summed E-state index contributed by atoms with van der Waals surface area (Å²) in [6.45, 7) is 0. The first kappa shape index (κ1) is 16.1. The monoisotopic (exact) mass is 442 g/mol. The van der Waals surface area contributed by atoms with E-state index in [1.807, 2.05) is 11.8 Å². The molecule has 1 aromatic rings. The van der Waals surface area contributed by atoms with Crippen molar-refractivity contribution >= 4 is 59.6 Å². The maximum absolute atomic E-state index is 3.69. The molecule has 4 heteroatoms. The Morgan fingerprint density at radius 1 is 1.12 bits per heavy atom. The van der Waals surface area contributed by atoms with Gasteiger partial charge >= 0.3 is 0 Å². The van der Waals surface area contributed by atoms with Gasteiger partial charge in [-0.25, -0.2) is 0 Å². The Morgan fingerprint density at radius 2 is 1.71 bits per heavy atom. The first-order valence-corrected chi connectivity index (χ1v) is 9.98. The van der Waals surface area contributed by atoms with E-state index in [0.717, 1.165) is 15.1 Å². The lowest BCUT2D eigenvalue weighted by Crippen LogP contribution is -2.30. The first-order valence-electron chi connectivity index (χ1n) is 5.55. The highest BCUT2D eigenvalue weighted by Crippen LogP contribution is 2.34. The quantitative estimate of drug-likeness (QED) is 0.388. The van der Waals surface area contributed by atoms with Crippen LogP contribution in [0.1, 0.15) is 18.4 Å². The molecule has 0 aliphatic rings. The average Bonchev–Trinajstić information content (AvgIpc) is 2.37. The molecule has 0 saturated heterocycles. The summed E-state index contributed by atoms with van der Waals surface area (Å²) in [6.07, 6.45) is 4.64. The lowest BCUT2D eigenvalue weighted by molar-refractivity contribution is 0.499. The van der Waals surface area contributed by atoms with E-state index in [1.165, 1.54) is 24.2 Å². The second-order valence-electron chi connectivity index (χ2n) is 4.15. The average molecular weight is 445 g/mol. The van der Waals surface area contributed by atoms with Crippen molar-refractivity contribution < 1.29 is 0 Å². The molecular formula is C13H17Br3S. The van der Waals surface area contributed by atoms with E-state index in [4.69, 9.17) is 0 Å². The minimum Gasteiger partial charge on any atom is -0.165 e. The fourth-order valence-electron chi connectivity index (χ4n) is 1.83. The van der Waals surface area contributed by atoms with Crippen LogP contribution in [0.25, 0.3) is 0 Å². The van der Waals surface area contributed by atoms with E-state index >= 15 is 0 Å². The minimum atomic E-state index is 0.219. The molecule has 0 fully saturated rings. The number of rotatable bonds is 7. The molecule has 1 rings (SSSR count). The normalized spacial score (nSPS) is 11.8. The highest BCUT2D eigenvalue weighted by atomic mass is 79.9. The van der Waals surface area contributed by atoms with Gasteiger partial charge in [-0.15, -0.1) is 0 Å². The van der Waals surface area contributed by atoms with Gasteiger partial charge in [0.25, 0.3) is 0 Å². The topological polar surface area (TPSA) is 0 Å². The molecule has 0 saturated carbocycles. The van der Waals surface area contributed by atoms with Crippen LogP contribution in [0.5, 0.6) is 0 Å². The SMILES string of the molecule is CSCCCC(CBr)(CBr)c1ccc(Br)cc1. The van der Waals surface area contributed by atoms with Crippen LogP contribution < -0.4 is 0 Å². The van der Waals surface area contributed by atoms with E-state index < -0.39 is 0 Å². The van der Waals surface area contributed by atoms with Crippen LogP contribution in [-0.4, -0.2) is 22.7 Å². The van der Waals surface area contributed by atoms with Gasteiger partial charge in [-0.2, -0.15) is 11.8 Å². The summed E-state index contributed by atoms with van der Waals surface area (Å²) < 4.78 is 1.14. The molecule has 0 nitrogen and oxygen atoms in total. The van der Waals surface area contributed by atoms with Gasteiger partial charge in [0.2, 0.25) is 0 Å². The maximum Gasteiger partial charge on any atom is 0.0175 e. The predicted octanol–water partition coefficient (Wildman–Crippen LogP) is 5.62. The van der Waals surface area contributed by atoms with Crippen molar-refractivity contribution in [3.05, 3.63) is 34.3 Å². The fourth-order valence-corrected chi connectivity index (χ4v) is 4.66. The van der Waals surface area contributed by atoms with Crippen molar-refractivity contribution in [3.63, 3.8) is 0 Å².